The molecule has 0 saturated carbocycles. The lowest BCUT2D eigenvalue weighted by molar-refractivity contribution is 0.579. The van der Waals surface area contributed by atoms with Crippen LogP contribution in [0.5, 0.6) is 0 Å². The van der Waals surface area contributed by atoms with Crippen molar-refractivity contribution in [1.29, 1.82) is 0 Å². The molecule has 108 valence electrons. The number of nitrogens with one attached hydrogen (secondary N) is 1. The van der Waals surface area contributed by atoms with Crippen LogP contribution < -0.4 is 10.5 Å². The van der Waals surface area contributed by atoms with E-state index < -0.39 is 10.0 Å². The molecule has 0 atom stereocenters. The molecular weight excluding hydrogens is 300 g/mol. The van der Waals surface area contributed by atoms with Crippen molar-refractivity contribution in [3.05, 3.63) is 46.7 Å². The van der Waals surface area contributed by atoms with Gasteiger partial charge in [0.1, 0.15) is 0 Å². The molecule has 0 unspecified atom stereocenters. The molecule has 0 aliphatic heterocycles. The van der Waals surface area contributed by atoms with Crippen molar-refractivity contribution < 1.29 is 8.42 Å². The number of hydrogen-bond acceptors (Lipinski definition) is 4. The Balaban J connectivity index is 2.17. The van der Waals surface area contributed by atoms with Crippen LogP contribution in [0.3, 0.4) is 0 Å². The minimum Gasteiger partial charge on any atom is -0.326 e. The standard InChI is InChI=1S/C12H15ClN4O2S/c1-17-5-4-10(16-17)8-15-20(18,19)11-2-3-12(13)9(6-11)7-14/h2-6,15H,7-8,14H2,1H3. The van der Waals surface area contributed by atoms with Gasteiger partial charge in [0, 0.05) is 24.8 Å². The van der Waals surface area contributed by atoms with Gasteiger partial charge in [0.05, 0.1) is 17.1 Å². The van der Waals surface area contributed by atoms with Gasteiger partial charge in [0.2, 0.25) is 10.0 Å². The number of sulfonamides is 1. The number of rotatable bonds is 5. The number of benzene rings is 1. The summed E-state index contributed by atoms with van der Waals surface area (Å²) < 4.78 is 28.4. The molecule has 0 aliphatic rings. The maximum absolute atomic E-state index is 12.2. The highest BCUT2D eigenvalue weighted by atomic mass is 35.5. The number of aryl methyl sites for hydroxylation is 1. The van der Waals surface area contributed by atoms with Crippen LogP contribution >= 0.6 is 11.6 Å². The fourth-order valence-electron chi connectivity index (χ4n) is 1.68. The number of aromatic nitrogens is 2. The summed E-state index contributed by atoms with van der Waals surface area (Å²) >= 11 is 5.91. The second-order valence-corrected chi connectivity index (χ2v) is 6.44. The predicted molar refractivity (Wildman–Crippen MR) is 76.6 cm³/mol. The summed E-state index contributed by atoms with van der Waals surface area (Å²) in [5.74, 6) is 0. The zero-order valence-electron chi connectivity index (χ0n) is 10.9. The van der Waals surface area contributed by atoms with Gasteiger partial charge in [-0.15, -0.1) is 0 Å². The molecule has 0 fully saturated rings. The largest absolute Gasteiger partial charge is 0.326 e. The third-order valence-corrected chi connectivity index (χ3v) is 4.53. The number of hydrogen-bond donors (Lipinski definition) is 2. The molecule has 1 heterocycles. The molecule has 8 heteroatoms. The van der Waals surface area contributed by atoms with E-state index in [4.69, 9.17) is 17.3 Å². The van der Waals surface area contributed by atoms with Crippen LogP contribution in [0.1, 0.15) is 11.3 Å². The monoisotopic (exact) mass is 314 g/mol. The van der Waals surface area contributed by atoms with Crippen LogP contribution in [0.2, 0.25) is 5.02 Å². The Morgan fingerprint density at radius 1 is 1.40 bits per heavy atom. The van der Waals surface area contributed by atoms with Gasteiger partial charge in [-0.1, -0.05) is 11.6 Å². The molecule has 1 aromatic heterocycles. The normalized spacial score (nSPS) is 11.8. The Hall–Kier alpha value is -1.41. The van der Waals surface area contributed by atoms with E-state index >= 15 is 0 Å². The van der Waals surface area contributed by atoms with Crippen LogP contribution in [0.4, 0.5) is 0 Å². The van der Waals surface area contributed by atoms with Crippen molar-refractivity contribution in [2.45, 2.75) is 18.0 Å². The molecule has 0 saturated heterocycles. The van der Waals surface area contributed by atoms with Gasteiger partial charge in [-0.2, -0.15) is 5.10 Å². The molecule has 2 aromatic rings. The third-order valence-electron chi connectivity index (χ3n) is 2.76. The Morgan fingerprint density at radius 3 is 2.75 bits per heavy atom. The molecule has 3 N–H and O–H groups in total. The van der Waals surface area contributed by atoms with Gasteiger partial charge < -0.3 is 5.73 Å². The number of nitrogens with two attached hydrogens (primary N) is 1. The topological polar surface area (TPSA) is 90.0 Å². The summed E-state index contributed by atoms with van der Waals surface area (Å²) in [6.07, 6.45) is 1.75. The first kappa shape index (κ1) is 15.0. The average Bonchev–Trinajstić information content (AvgIpc) is 2.83. The maximum atomic E-state index is 12.2. The molecule has 20 heavy (non-hydrogen) atoms. The van der Waals surface area contributed by atoms with Gasteiger partial charge in [-0.3, -0.25) is 4.68 Å². The van der Waals surface area contributed by atoms with Crippen LogP contribution in [0.25, 0.3) is 0 Å². The molecule has 0 bridgehead atoms. The van der Waals surface area contributed by atoms with Gasteiger partial charge in [0.15, 0.2) is 0 Å². The third kappa shape index (κ3) is 3.37. The van der Waals surface area contributed by atoms with E-state index in [1.165, 1.54) is 18.2 Å². The number of nitrogens with zero attached hydrogens (tertiary/aromatic N) is 2. The van der Waals surface area contributed by atoms with Crippen LogP contribution in [0.15, 0.2) is 35.4 Å². The first-order valence-electron chi connectivity index (χ1n) is 5.89. The Kier molecular flexibility index (Phi) is 4.44. The molecule has 0 spiro atoms. The second-order valence-electron chi connectivity index (χ2n) is 4.26. The summed E-state index contributed by atoms with van der Waals surface area (Å²) in [6, 6.07) is 6.19. The van der Waals surface area contributed by atoms with Crippen LogP contribution in [-0.4, -0.2) is 18.2 Å². The molecule has 0 radical (unpaired) electrons. The van der Waals surface area contributed by atoms with E-state index in [0.717, 1.165) is 0 Å². The summed E-state index contributed by atoms with van der Waals surface area (Å²) in [5.41, 5.74) is 6.75. The fourth-order valence-corrected chi connectivity index (χ4v) is 2.93. The predicted octanol–water partition coefficient (Wildman–Crippen LogP) is 1.01. The highest BCUT2D eigenvalue weighted by Gasteiger charge is 2.15. The first-order chi connectivity index (χ1) is 9.42. The molecule has 0 aliphatic carbocycles. The molecule has 2 rings (SSSR count). The van der Waals surface area contributed by atoms with E-state index in [-0.39, 0.29) is 18.0 Å². The van der Waals surface area contributed by atoms with Crippen molar-refractivity contribution in [2.75, 3.05) is 0 Å². The molecule has 6 nitrogen and oxygen atoms in total. The number of halogens is 1. The van der Waals surface area contributed by atoms with Gasteiger partial charge >= 0.3 is 0 Å². The van der Waals surface area contributed by atoms with Crippen molar-refractivity contribution in [3.8, 4) is 0 Å². The summed E-state index contributed by atoms with van der Waals surface area (Å²) in [5, 5.41) is 4.56. The first-order valence-corrected chi connectivity index (χ1v) is 7.75. The van der Waals surface area contributed by atoms with Crippen molar-refractivity contribution in [1.82, 2.24) is 14.5 Å². The van der Waals surface area contributed by atoms with Crippen LogP contribution in [0, 0.1) is 0 Å². The van der Waals surface area contributed by atoms with Gasteiger partial charge in [-0.25, -0.2) is 13.1 Å². The second kappa shape index (κ2) is 5.92. The molecular formula is C12H15ClN4O2S. The zero-order chi connectivity index (χ0) is 14.8. The van der Waals surface area contributed by atoms with Crippen molar-refractivity contribution in [3.63, 3.8) is 0 Å². The van der Waals surface area contributed by atoms with Gasteiger partial charge in [-0.05, 0) is 29.8 Å². The Labute approximate surface area is 122 Å². The average molecular weight is 315 g/mol. The summed E-state index contributed by atoms with van der Waals surface area (Å²) in [4.78, 5) is 0.137. The van der Waals surface area contributed by atoms with E-state index in [9.17, 15) is 8.42 Å². The van der Waals surface area contributed by atoms with E-state index in [1.54, 1.807) is 24.0 Å². The fraction of sp³-hybridized carbons (Fsp3) is 0.250. The highest BCUT2D eigenvalue weighted by molar-refractivity contribution is 7.89. The van der Waals surface area contributed by atoms with E-state index in [0.29, 0.717) is 16.3 Å². The summed E-state index contributed by atoms with van der Waals surface area (Å²) in [7, 11) is -1.84. The van der Waals surface area contributed by atoms with E-state index in [2.05, 4.69) is 9.82 Å². The quantitative estimate of drug-likeness (QED) is 0.862. The zero-order valence-corrected chi connectivity index (χ0v) is 12.4. The Bertz CT molecular complexity index is 712. The lowest BCUT2D eigenvalue weighted by Gasteiger charge is -2.08. The molecule has 0 amide bonds. The summed E-state index contributed by atoms with van der Waals surface area (Å²) in [6.45, 7) is 0.312. The minimum atomic E-state index is -3.61. The lowest BCUT2D eigenvalue weighted by Crippen LogP contribution is -2.23. The highest BCUT2D eigenvalue weighted by Crippen LogP contribution is 2.20. The molecule has 1 aromatic carbocycles. The maximum Gasteiger partial charge on any atom is 0.240 e. The smallest absolute Gasteiger partial charge is 0.240 e. The van der Waals surface area contributed by atoms with Crippen molar-refractivity contribution >= 4 is 21.6 Å². The van der Waals surface area contributed by atoms with Gasteiger partial charge in [0.25, 0.3) is 0 Å². The SMILES string of the molecule is Cn1ccc(CNS(=O)(=O)c2ccc(Cl)c(CN)c2)n1. The van der Waals surface area contributed by atoms with Crippen molar-refractivity contribution in [2.24, 2.45) is 12.8 Å². The van der Waals surface area contributed by atoms with Crippen LogP contribution in [-0.2, 0) is 30.2 Å². The van der Waals surface area contributed by atoms with E-state index in [1.807, 2.05) is 0 Å². The lowest BCUT2D eigenvalue weighted by atomic mass is 10.2. The minimum absolute atomic E-state index is 0.129. The Morgan fingerprint density at radius 2 is 2.15 bits per heavy atom.